The van der Waals surface area contributed by atoms with Gasteiger partial charge in [0.15, 0.2) is 0 Å². The lowest BCUT2D eigenvalue weighted by Gasteiger charge is -2.43. The molecule has 0 radical (unpaired) electrons. The maximum absolute atomic E-state index is 14.0. The average Bonchev–Trinajstić information content (AvgIpc) is 3.47. The number of thioether (sulfide) groups is 1. The van der Waals surface area contributed by atoms with E-state index in [1.807, 2.05) is 48.2 Å². The predicted octanol–water partition coefficient (Wildman–Crippen LogP) is 4.50. The Labute approximate surface area is 169 Å². The molecule has 1 aliphatic heterocycles. The number of Topliss-reactive ketones (excluding diaryl/α,β-unsaturated/α-hetero) is 2. The molecule has 0 amide bonds. The number of benzene rings is 2. The smallest absolute Gasteiger partial charge is 0.143 e. The zero-order valence-corrected chi connectivity index (χ0v) is 16.3. The van der Waals surface area contributed by atoms with Gasteiger partial charge in [-0.2, -0.15) is 0 Å². The van der Waals surface area contributed by atoms with Crippen molar-refractivity contribution in [1.29, 1.82) is 0 Å². The van der Waals surface area contributed by atoms with Crippen molar-refractivity contribution in [2.45, 2.75) is 11.2 Å². The normalized spacial score (nSPS) is 37.1. The molecular formula is C25H22O2S. The van der Waals surface area contributed by atoms with Crippen LogP contribution in [-0.2, 0) is 14.3 Å². The third-order valence-electron chi connectivity index (χ3n) is 7.52. The summed E-state index contributed by atoms with van der Waals surface area (Å²) in [7, 11) is 0. The number of fused-ring (bicyclic) bond motifs is 6. The molecule has 6 rings (SSSR count). The fourth-order valence-corrected chi connectivity index (χ4v) is 8.32. The van der Waals surface area contributed by atoms with Crippen LogP contribution in [0, 0.1) is 35.5 Å². The van der Waals surface area contributed by atoms with E-state index in [0.29, 0.717) is 17.5 Å². The van der Waals surface area contributed by atoms with E-state index in [0.717, 1.165) is 23.3 Å². The predicted molar refractivity (Wildman–Crippen MR) is 111 cm³/mol. The third-order valence-corrected chi connectivity index (χ3v) is 9.23. The monoisotopic (exact) mass is 386 g/mol. The molecule has 3 heteroatoms. The van der Waals surface area contributed by atoms with E-state index in [-0.39, 0.29) is 29.6 Å². The minimum atomic E-state index is -0.462. The number of rotatable bonds is 2. The van der Waals surface area contributed by atoms with E-state index < -0.39 is 4.75 Å². The highest BCUT2D eigenvalue weighted by Gasteiger charge is 2.66. The highest BCUT2D eigenvalue weighted by molar-refractivity contribution is 8.00. The summed E-state index contributed by atoms with van der Waals surface area (Å²) < 4.78 is -0.462. The molecule has 1 saturated heterocycles. The van der Waals surface area contributed by atoms with Crippen LogP contribution >= 0.6 is 11.8 Å². The largest absolute Gasteiger partial charge is 0.299 e. The summed E-state index contributed by atoms with van der Waals surface area (Å²) in [5.41, 5.74) is 2.30. The lowest BCUT2D eigenvalue weighted by molar-refractivity contribution is -0.147. The van der Waals surface area contributed by atoms with Gasteiger partial charge in [-0.3, -0.25) is 9.59 Å². The Morgan fingerprint density at radius 2 is 1.29 bits per heavy atom. The van der Waals surface area contributed by atoms with Gasteiger partial charge in [0, 0.05) is 23.5 Å². The number of carbonyl (C=O) groups excluding carboxylic acids is 2. The van der Waals surface area contributed by atoms with Crippen molar-refractivity contribution in [3.63, 3.8) is 0 Å². The van der Waals surface area contributed by atoms with Crippen LogP contribution in [0.25, 0.3) is 0 Å². The molecule has 2 nitrogen and oxygen atoms in total. The molecule has 2 saturated carbocycles. The molecule has 2 aromatic carbocycles. The second-order valence-electron chi connectivity index (χ2n) is 8.67. The van der Waals surface area contributed by atoms with Crippen LogP contribution in [0.4, 0.5) is 0 Å². The molecule has 6 atom stereocenters. The first kappa shape index (κ1) is 16.8. The van der Waals surface area contributed by atoms with Crippen molar-refractivity contribution in [3.8, 4) is 0 Å². The Bertz CT molecular complexity index is 941. The van der Waals surface area contributed by atoms with Crippen LogP contribution in [0.15, 0.2) is 72.8 Å². The molecule has 3 fully saturated rings. The molecule has 0 N–H and O–H groups in total. The van der Waals surface area contributed by atoms with E-state index in [2.05, 4.69) is 36.4 Å². The van der Waals surface area contributed by atoms with Crippen molar-refractivity contribution >= 4 is 23.3 Å². The van der Waals surface area contributed by atoms with E-state index in [4.69, 9.17) is 0 Å². The number of allylic oxidation sites excluding steroid dienone is 2. The molecule has 0 spiro atoms. The SMILES string of the molecule is O=C1C2CSC(c3ccccc3)(c3ccccc3)C2C(=O)C2C3C=CC(C3)C12. The standard InChI is InChI=1S/C25H22O2S/c26-23-19-14-28-25(17-7-3-1-4-8-17,18-9-5-2-6-10-18)22(19)24(27)21-16-12-11-15(13-16)20(21)23/h1-12,15-16,19-22H,13-14H2. The minimum Gasteiger partial charge on any atom is -0.299 e. The van der Waals surface area contributed by atoms with Crippen LogP contribution < -0.4 is 0 Å². The van der Waals surface area contributed by atoms with Gasteiger partial charge in [0.2, 0.25) is 0 Å². The highest BCUT2D eigenvalue weighted by atomic mass is 32.2. The van der Waals surface area contributed by atoms with Gasteiger partial charge in [0.1, 0.15) is 11.6 Å². The van der Waals surface area contributed by atoms with Crippen LogP contribution in [0.1, 0.15) is 17.5 Å². The van der Waals surface area contributed by atoms with E-state index in [1.165, 1.54) is 0 Å². The van der Waals surface area contributed by atoms with Gasteiger partial charge in [-0.1, -0.05) is 72.8 Å². The summed E-state index contributed by atoms with van der Waals surface area (Å²) in [6, 6.07) is 20.8. The van der Waals surface area contributed by atoms with Crippen molar-refractivity contribution in [2.75, 3.05) is 5.75 Å². The maximum Gasteiger partial charge on any atom is 0.143 e. The summed E-state index contributed by atoms with van der Waals surface area (Å²) in [6.07, 6.45) is 5.39. The summed E-state index contributed by atoms with van der Waals surface area (Å²) in [5.74, 6) is 1.40. The average molecular weight is 387 g/mol. The van der Waals surface area contributed by atoms with Crippen LogP contribution in [-0.4, -0.2) is 17.3 Å². The summed E-state index contributed by atoms with van der Waals surface area (Å²) in [5, 5.41) is 0. The first-order chi connectivity index (χ1) is 13.7. The molecule has 1 heterocycles. The second-order valence-corrected chi connectivity index (χ2v) is 9.93. The molecule has 6 unspecified atom stereocenters. The van der Waals surface area contributed by atoms with Crippen LogP contribution in [0.3, 0.4) is 0 Å². The van der Waals surface area contributed by atoms with E-state index in [1.54, 1.807) is 0 Å². The van der Waals surface area contributed by atoms with Gasteiger partial charge in [0.25, 0.3) is 0 Å². The Morgan fingerprint density at radius 1 is 0.750 bits per heavy atom. The molecule has 4 aliphatic rings. The van der Waals surface area contributed by atoms with Gasteiger partial charge in [-0.25, -0.2) is 0 Å². The number of hydrogen-bond donors (Lipinski definition) is 0. The van der Waals surface area contributed by atoms with Crippen LogP contribution in [0.2, 0.25) is 0 Å². The zero-order valence-electron chi connectivity index (χ0n) is 15.5. The molecule has 0 aromatic heterocycles. The van der Waals surface area contributed by atoms with Gasteiger partial charge in [-0.05, 0) is 29.4 Å². The van der Waals surface area contributed by atoms with Crippen molar-refractivity contribution in [2.24, 2.45) is 35.5 Å². The zero-order chi connectivity index (χ0) is 18.9. The Balaban J connectivity index is 1.55. The minimum absolute atomic E-state index is 0.0632. The van der Waals surface area contributed by atoms with Gasteiger partial charge < -0.3 is 0 Å². The fraction of sp³-hybridized carbons (Fsp3) is 0.360. The molecule has 3 aliphatic carbocycles. The molecule has 2 bridgehead atoms. The van der Waals surface area contributed by atoms with Crippen LogP contribution in [0.5, 0.6) is 0 Å². The lowest BCUT2D eigenvalue weighted by atomic mass is 9.59. The first-order valence-electron chi connectivity index (χ1n) is 10.2. The number of carbonyl (C=O) groups is 2. The Kier molecular flexibility index (Phi) is 3.56. The number of ketones is 2. The summed E-state index contributed by atoms with van der Waals surface area (Å²) in [6.45, 7) is 0. The third kappa shape index (κ3) is 2.01. The lowest BCUT2D eigenvalue weighted by Crippen LogP contribution is -2.52. The Hall–Kier alpha value is -2.13. The molecule has 140 valence electrons. The summed E-state index contributed by atoms with van der Waals surface area (Å²) >= 11 is 1.81. The fourth-order valence-electron chi connectivity index (χ4n) is 6.45. The van der Waals surface area contributed by atoms with Gasteiger partial charge >= 0.3 is 0 Å². The molecule has 2 aromatic rings. The quantitative estimate of drug-likeness (QED) is 0.713. The highest BCUT2D eigenvalue weighted by Crippen LogP contribution is 2.64. The number of hydrogen-bond acceptors (Lipinski definition) is 3. The topological polar surface area (TPSA) is 34.1 Å². The molecule has 28 heavy (non-hydrogen) atoms. The maximum atomic E-state index is 14.0. The van der Waals surface area contributed by atoms with Gasteiger partial charge in [-0.15, -0.1) is 11.8 Å². The van der Waals surface area contributed by atoms with Crippen molar-refractivity contribution in [3.05, 3.63) is 83.9 Å². The van der Waals surface area contributed by atoms with E-state index in [9.17, 15) is 9.59 Å². The first-order valence-corrected chi connectivity index (χ1v) is 11.2. The van der Waals surface area contributed by atoms with E-state index >= 15 is 0 Å². The molecular weight excluding hydrogens is 364 g/mol. The van der Waals surface area contributed by atoms with Crippen molar-refractivity contribution < 1.29 is 9.59 Å². The van der Waals surface area contributed by atoms with Crippen molar-refractivity contribution in [1.82, 2.24) is 0 Å². The second kappa shape index (κ2) is 5.93. The summed E-state index contributed by atoms with van der Waals surface area (Å²) in [4.78, 5) is 27.6. The van der Waals surface area contributed by atoms with Gasteiger partial charge in [0.05, 0.1) is 10.7 Å². The Morgan fingerprint density at radius 3 is 1.86 bits per heavy atom.